The standard InChI is InChI=1S/C11H15N.C6H6.C2H6/c1-8-2-3-10-7-11(12)5-4-9(10)6-8;1-2-4-6-5-3-1;1-2/h2-3,6,11H,4-5,7,12H2,1H3;1-6H;1-2H3. The Kier molecular flexibility index (Phi) is 7.67. The number of rotatable bonds is 0. The third-order valence-electron chi connectivity index (χ3n) is 3.30. The number of fused-ring (bicyclic) bond motifs is 1. The van der Waals surface area contributed by atoms with Gasteiger partial charge in [0, 0.05) is 6.04 Å². The van der Waals surface area contributed by atoms with Crippen LogP contribution in [0.15, 0.2) is 54.6 Å². The van der Waals surface area contributed by atoms with Crippen LogP contribution in [0, 0.1) is 6.92 Å². The lowest BCUT2D eigenvalue weighted by molar-refractivity contribution is 0.576. The Balaban J connectivity index is 0.000000211. The van der Waals surface area contributed by atoms with E-state index in [1.165, 1.54) is 16.7 Å². The topological polar surface area (TPSA) is 26.0 Å². The Morgan fingerprint density at radius 1 is 0.900 bits per heavy atom. The van der Waals surface area contributed by atoms with Gasteiger partial charge in [0.25, 0.3) is 0 Å². The molecule has 1 nitrogen and oxygen atoms in total. The van der Waals surface area contributed by atoms with E-state index in [0.29, 0.717) is 6.04 Å². The molecule has 2 aromatic rings. The molecule has 0 radical (unpaired) electrons. The van der Waals surface area contributed by atoms with E-state index in [0.717, 1.165) is 19.3 Å². The zero-order chi connectivity index (χ0) is 14.8. The predicted molar refractivity (Wildman–Crippen MR) is 89.0 cm³/mol. The number of hydrogen-bond acceptors (Lipinski definition) is 1. The van der Waals surface area contributed by atoms with Gasteiger partial charge in [-0.15, -0.1) is 0 Å². The lowest BCUT2D eigenvalue weighted by Gasteiger charge is -2.21. The van der Waals surface area contributed by atoms with Crippen LogP contribution in [0.2, 0.25) is 0 Å². The van der Waals surface area contributed by atoms with Gasteiger partial charge >= 0.3 is 0 Å². The average molecular weight is 269 g/mol. The van der Waals surface area contributed by atoms with Crippen molar-refractivity contribution in [1.82, 2.24) is 0 Å². The molecule has 0 bridgehead atoms. The second-order valence-electron chi connectivity index (χ2n) is 4.93. The van der Waals surface area contributed by atoms with Crippen LogP contribution in [0.3, 0.4) is 0 Å². The molecule has 0 spiro atoms. The van der Waals surface area contributed by atoms with E-state index >= 15 is 0 Å². The van der Waals surface area contributed by atoms with E-state index in [1.807, 2.05) is 50.2 Å². The fourth-order valence-electron chi connectivity index (χ4n) is 2.30. The minimum absolute atomic E-state index is 0.389. The third-order valence-corrected chi connectivity index (χ3v) is 3.30. The van der Waals surface area contributed by atoms with Crippen LogP contribution < -0.4 is 5.73 Å². The highest BCUT2D eigenvalue weighted by Crippen LogP contribution is 2.21. The minimum atomic E-state index is 0.389. The molecule has 3 rings (SSSR count). The highest BCUT2D eigenvalue weighted by Gasteiger charge is 2.14. The Morgan fingerprint density at radius 3 is 2.00 bits per heavy atom. The van der Waals surface area contributed by atoms with E-state index < -0.39 is 0 Å². The summed E-state index contributed by atoms with van der Waals surface area (Å²) in [5, 5.41) is 0. The zero-order valence-electron chi connectivity index (χ0n) is 13.0. The summed E-state index contributed by atoms with van der Waals surface area (Å²) in [6.07, 6.45) is 3.38. The summed E-state index contributed by atoms with van der Waals surface area (Å²) in [5.74, 6) is 0. The molecule has 0 aromatic heterocycles. The quantitative estimate of drug-likeness (QED) is 0.747. The van der Waals surface area contributed by atoms with E-state index in [9.17, 15) is 0 Å². The van der Waals surface area contributed by atoms with Crippen LogP contribution >= 0.6 is 0 Å². The SMILES string of the molecule is CC.Cc1ccc2c(c1)CCC(N)C2.c1ccccc1. The molecule has 1 aliphatic rings. The molecule has 2 N–H and O–H groups in total. The summed E-state index contributed by atoms with van der Waals surface area (Å²) >= 11 is 0. The molecule has 0 saturated heterocycles. The summed E-state index contributed by atoms with van der Waals surface area (Å²) in [6.45, 7) is 6.15. The lowest BCUT2D eigenvalue weighted by Crippen LogP contribution is -2.27. The van der Waals surface area contributed by atoms with Crippen LogP contribution in [0.1, 0.15) is 37.0 Å². The second-order valence-corrected chi connectivity index (χ2v) is 4.93. The van der Waals surface area contributed by atoms with Gasteiger partial charge in [-0.2, -0.15) is 0 Å². The molecule has 1 aliphatic carbocycles. The number of aryl methyl sites for hydroxylation is 2. The molecule has 2 aromatic carbocycles. The van der Waals surface area contributed by atoms with Crippen molar-refractivity contribution >= 4 is 0 Å². The summed E-state index contributed by atoms with van der Waals surface area (Å²) in [4.78, 5) is 0. The number of nitrogens with two attached hydrogens (primary N) is 1. The molecular formula is C19H27N. The molecule has 0 amide bonds. The largest absolute Gasteiger partial charge is 0.327 e. The monoisotopic (exact) mass is 269 g/mol. The molecule has 0 aliphatic heterocycles. The first-order valence-electron chi connectivity index (χ1n) is 7.59. The third kappa shape index (κ3) is 5.58. The van der Waals surface area contributed by atoms with E-state index in [1.54, 1.807) is 0 Å². The van der Waals surface area contributed by atoms with Gasteiger partial charge in [-0.1, -0.05) is 74.0 Å². The maximum atomic E-state index is 5.89. The predicted octanol–water partition coefficient (Wildman–Crippen LogP) is 4.52. The molecular weight excluding hydrogens is 242 g/mol. The Labute approximate surface area is 123 Å². The molecule has 1 atom stereocenters. The second kappa shape index (κ2) is 9.33. The van der Waals surface area contributed by atoms with E-state index in [-0.39, 0.29) is 0 Å². The molecule has 0 fully saturated rings. The van der Waals surface area contributed by atoms with Crippen molar-refractivity contribution in [3.63, 3.8) is 0 Å². The normalized spacial score (nSPS) is 15.9. The number of benzene rings is 2. The Bertz CT molecular complexity index is 450. The highest BCUT2D eigenvalue weighted by molar-refractivity contribution is 5.34. The van der Waals surface area contributed by atoms with Crippen molar-refractivity contribution in [3.8, 4) is 0 Å². The number of hydrogen-bond donors (Lipinski definition) is 1. The van der Waals surface area contributed by atoms with Crippen LogP contribution in [0.4, 0.5) is 0 Å². The van der Waals surface area contributed by atoms with Crippen molar-refractivity contribution < 1.29 is 0 Å². The van der Waals surface area contributed by atoms with Gasteiger partial charge in [0.05, 0.1) is 0 Å². The molecule has 0 heterocycles. The summed E-state index contributed by atoms with van der Waals surface area (Å²) in [7, 11) is 0. The van der Waals surface area contributed by atoms with Gasteiger partial charge in [0.15, 0.2) is 0 Å². The van der Waals surface area contributed by atoms with Gasteiger partial charge in [-0.05, 0) is 37.3 Å². The fraction of sp³-hybridized carbons (Fsp3) is 0.368. The molecule has 108 valence electrons. The smallest absolute Gasteiger partial charge is 0.00825 e. The van der Waals surface area contributed by atoms with Gasteiger partial charge in [0.2, 0.25) is 0 Å². The fourth-order valence-corrected chi connectivity index (χ4v) is 2.30. The van der Waals surface area contributed by atoms with Crippen LogP contribution in [0.25, 0.3) is 0 Å². The Hall–Kier alpha value is -1.60. The van der Waals surface area contributed by atoms with Gasteiger partial charge in [0.1, 0.15) is 0 Å². The first-order valence-corrected chi connectivity index (χ1v) is 7.59. The molecule has 20 heavy (non-hydrogen) atoms. The molecule has 0 saturated carbocycles. The van der Waals surface area contributed by atoms with E-state index in [4.69, 9.17) is 5.73 Å². The van der Waals surface area contributed by atoms with Gasteiger partial charge in [-0.3, -0.25) is 0 Å². The molecule has 1 heteroatoms. The van der Waals surface area contributed by atoms with Crippen LogP contribution in [0.5, 0.6) is 0 Å². The first-order chi connectivity index (χ1) is 9.75. The Morgan fingerprint density at radius 2 is 1.45 bits per heavy atom. The van der Waals surface area contributed by atoms with Crippen molar-refractivity contribution in [2.75, 3.05) is 0 Å². The van der Waals surface area contributed by atoms with Crippen molar-refractivity contribution in [2.45, 2.75) is 46.1 Å². The van der Waals surface area contributed by atoms with Gasteiger partial charge < -0.3 is 5.73 Å². The van der Waals surface area contributed by atoms with Crippen molar-refractivity contribution in [2.24, 2.45) is 5.73 Å². The maximum Gasteiger partial charge on any atom is 0.00825 e. The lowest BCUT2D eigenvalue weighted by atomic mass is 9.88. The van der Waals surface area contributed by atoms with Crippen LogP contribution in [-0.2, 0) is 12.8 Å². The van der Waals surface area contributed by atoms with E-state index in [2.05, 4.69) is 25.1 Å². The van der Waals surface area contributed by atoms with Crippen LogP contribution in [-0.4, -0.2) is 6.04 Å². The van der Waals surface area contributed by atoms with Gasteiger partial charge in [-0.25, -0.2) is 0 Å². The highest BCUT2D eigenvalue weighted by atomic mass is 14.6. The minimum Gasteiger partial charge on any atom is -0.327 e. The average Bonchev–Trinajstić information content (AvgIpc) is 2.52. The zero-order valence-corrected chi connectivity index (χ0v) is 13.0. The molecule has 1 unspecified atom stereocenters. The van der Waals surface area contributed by atoms with Crippen molar-refractivity contribution in [3.05, 3.63) is 71.3 Å². The summed E-state index contributed by atoms with van der Waals surface area (Å²) in [6, 6.07) is 19.1. The first kappa shape index (κ1) is 16.5. The van der Waals surface area contributed by atoms with Crippen molar-refractivity contribution in [1.29, 1.82) is 0 Å². The summed E-state index contributed by atoms with van der Waals surface area (Å²) < 4.78 is 0. The maximum absolute atomic E-state index is 5.89. The summed E-state index contributed by atoms with van der Waals surface area (Å²) in [5.41, 5.74) is 10.2.